The van der Waals surface area contributed by atoms with E-state index in [9.17, 15) is 9.59 Å². The quantitative estimate of drug-likeness (QED) is 0.627. The number of nitrogens with zero attached hydrogens (tertiary/aromatic N) is 3. The van der Waals surface area contributed by atoms with Crippen LogP contribution in [0.15, 0.2) is 24.3 Å². The molecule has 2 atom stereocenters. The molecule has 2 unspecified atom stereocenters. The van der Waals surface area contributed by atoms with Crippen molar-refractivity contribution in [2.75, 3.05) is 39.3 Å². The van der Waals surface area contributed by atoms with Crippen LogP contribution < -0.4 is 5.73 Å². The number of halogens is 1. The molecule has 1 saturated carbocycles. The number of hydrogen-bond donors (Lipinski definition) is 1. The highest BCUT2D eigenvalue weighted by molar-refractivity contribution is 6.30. The number of aryl methyl sites for hydroxylation is 1. The van der Waals surface area contributed by atoms with Gasteiger partial charge in [0.2, 0.25) is 11.8 Å². The van der Waals surface area contributed by atoms with Gasteiger partial charge >= 0.3 is 0 Å². The van der Waals surface area contributed by atoms with Crippen LogP contribution in [0.4, 0.5) is 0 Å². The lowest BCUT2D eigenvalue weighted by Crippen LogP contribution is -2.63. The second kappa shape index (κ2) is 11.7. The average Bonchev–Trinajstić information content (AvgIpc) is 3.35. The monoisotopic (exact) mass is 474 g/mol. The largest absolute Gasteiger partial charge is 0.368 e. The van der Waals surface area contributed by atoms with Crippen molar-refractivity contribution in [1.82, 2.24) is 14.7 Å². The Balaban J connectivity index is 1.40. The average molecular weight is 475 g/mol. The van der Waals surface area contributed by atoms with Gasteiger partial charge in [0.1, 0.15) is 6.04 Å². The summed E-state index contributed by atoms with van der Waals surface area (Å²) in [5.74, 6) is 0.310. The Morgan fingerprint density at radius 1 is 0.970 bits per heavy atom. The molecule has 2 saturated heterocycles. The predicted molar refractivity (Wildman–Crippen MR) is 132 cm³/mol. The van der Waals surface area contributed by atoms with Gasteiger partial charge in [-0.1, -0.05) is 43.0 Å². The number of rotatable bonds is 8. The molecule has 33 heavy (non-hydrogen) atoms. The van der Waals surface area contributed by atoms with Crippen LogP contribution in [0.1, 0.15) is 56.9 Å². The Morgan fingerprint density at radius 3 is 2.33 bits per heavy atom. The van der Waals surface area contributed by atoms with Gasteiger partial charge in [0.05, 0.1) is 0 Å². The van der Waals surface area contributed by atoms with E-state index in [-0.39, 0.29) is 11.8 Å². The third-order valence-corrected chi connectivity index (χ3v) is 8.16. The van der Waals surface area contributed by atoms with Crippen LogP contribution in [0, 0.1) is 5.92 Å². The number of benzene rings is 1. The summed E-state index contributed by atoms with van der Waals surface area (Å²) < 4.78 is 0. The Kier molecular flexibility index (Phi) is 8.67. The minimum absolute atomic E-state index is 0.0159. The maximum atomic E-state index is 13.1. The van der Waals surface area contributed by atoms with Crippen LogP contribution in [0.5, 0.6) is 0 Å². The van der Waals surface area contributed by atoms with Gasteiger partial charge in [-0.2, -0.15) is 0 Å². The fourth-order valence-electron chi connectivity index (χ4n) is 6.00. The SMILES string of the molecule is NC(=O)C1CN(C(CN2CCCC2)C2CCCCC2)CCN1C(=O)CCc1ccc(Cl)cc1. The molecule has 0 spiro atoms. The molecule has 2 heterocycles. The minimum atomic E-state index is -0.541. The summed E-state index contributed by atoms with van der Waals surface area (Å²) >= 11 is 5.96. The molecule has 4 rings (SSSR count). The number of nitrogens with two attached hydrogens (primary N) is 1. The zero-order valence-electron chi connectivity index (χ0n) is 19.8. The Morgan fingerprint density at radius 2 is 1.67 bits per heavy atom. The minimum Gasteiger partial charge on any atom is -0.368 e. The van der Waals surface area contributed by atoms with Crippen LogP contribution >= 0.6 is 11.6 Å². The first-order chi connectivity index (χ1) is 16.0. The third kappa shape index (κ3) is 6.49. The highest BCUT2D eigenvalue weighted by atomic mass is 35.5. The van der Waals surface area contributed by atoms with Crippen molar-refractivity contribution in [2.24, 2.45) is 11.7 Å². The second-order valence-corrected chi connectivity index (χ2v) is 10.5. The van der Waals surface area contributed by atoms with E-state index < -0.39 is 6.04 Å². The molecule has 1 aromatic rings. The summed E-state index contributed by atoms with van der Waals surface area (Å²) in [6, 6.07) is 7.51. The summed E-state index contributed by atoms with van der Waals surface area (Å²) in [6.07, 6.45) is 10.1. The molecule has 6 nitrogen and oxygen atoms in total. The number of piperazine rings is 1. The van der Waals surface area contributed by atoms with Gasteiger partial charge in [0.15, 0.2) is 0 Å². The summed E-state index contributed by atoms with van der Waals surface area (Å²) in [4.78, 5) is 32.4. The van der Waals surface area contributed by atoms with Gasteiger partial charge in [-0.3, -0.25) is 14.5 Å². The lowest BCUT2D eigenvalue weighted by Gasteiger charge is -2.47. The van der Waals surface area contributed by atoms with E-state index in [1.807, 2.05) is 24.3 Å². The Labute approximate surface area is 203 Å². The number of carbonyl (C=O) groups is 2. The van der Waals surface area contributed by atoms with Crippen LogP contribution in [0.3, 0.4) is 0 Å². The number of likely N-dealkylation sites (tertiary alicyclic amines) is 1. The molecule has 7 heteroatoms. The molecule has 0 radical (unpaired) electrons. The zero-order valence-corrected chi connectivity index (χ0v) is 20.5. The van der Waals surface area contributed by atoms with Crippen molar-refractivity contribution >= 4 is 23.4 Å². The van der Waals surface area contributed by atoms with Gasteiger partial charge in [0, 0.05) is 43.7 Å². The van der Waals surface area contributed by atoms with E-state index in [0.717, 1.165) is 18.7 Å². The number of hydrogen-bond acceptors (Lipinski definition) is 4. The summed E-state index contributed by atoms with van der Waals surface area (Å²) in [5.41, 5.74) is 6.91. The Hall–Kier alpha value is -1.63. The van der Waals surface area contributed by atoms with Crippen molar-refractivity contribution in [3.63, 3.8) is 0 Å². The molecule has 3 fully saturated rings. The number of carbonyl (C=O) groups excluding carboxylic acids is 2. The third-order valence-electron chi connectivity index (χ3n) is 7.91. The van der Waals surface area contributed by atoms with Gasteiger partial charge in [-0.05, 0) is 68.8 Å². The second-order valence-electron chi connectivity index (χ2n) is 10.1. The van der Waals surface area contributed by atoms with E-state index in [0.29, 0.717) is 42.9 Å². The van der Waals surface area contributed by atoms with Crippen molar-refractivity contribution in [1.29, 1.82) is 0 Å². The first-order valence-corrected chi connectivity index (χ1v) is 13.2. The maximum Gasteiger partial charge on any atom is 0.241 e. The first kappa shape index (κ1) is 24.5. The molecule has 2 aliphatic heterocycles. The summed E-state index contributed by atoms with van der Waals surface area (Å²) in [6.45, 7) is 5.43. The smallest absolute Gasteiger partial charge is 0.241 e. The van der Waals surface area contributed by atoms with E-state index >= 15 is 0 Å². The van der Waals surface area contributed by atoms with Gasteiger partial charge in [-0.25, -0.2) is 0 Å². The highest BCUT2D eigenvalue weighted by Gasteiger charge is 2.39. The van der Waals surface area contributed by atoms with Crippen molar-refractivity contribution in [2.45, 2.75) is 69.9 Å². The van der Waals surface area contributed by atoms with Gasteiger partial charge < -0.3 is 15.5 Å². The molecule has 182 valence electrons. The molecular weight excluding hydrogens is 436 g/mol. The number of amides is 2. The van der Waals surface area contributed by atoms with E-state index in [1.54, 1.807) is 4.90 Å². The van der Waals surface area contributed by atoms with Crippen molar-refractivity contribution in [3.8, 4) is 0 Å². The molecule has 2 amide bonds. The molecular formula is C26H39ClN4O2. The molecule has 1 aromatic carbocycles. The maximum absolute atomic E-state index is 13.1. The van der Waals surface area contributed by atoms with Crippen LogP contribution in [-0.2, 0) is 16.0 Å². The van der Waals surface area contributed by atoms with Gasteiger partial charge in [0.25, 0.3) is 0 Å². The van der Waals surface area contributed by atoms with Crippen LogP contribution in [0.25, 0.3) is 0 Å². The summed E-state index contributed by atoms with van der Waals surface area (Å²) in [7, 11) is 0. The van der Waals surface area contributed by atoms with E-state index in [4.69, 9.17) is 17.3 Å². The molecule has 0 aromatic heterocycles. The standard InChI is InChI=1S/C26H39ClN4O2/c27-22-11-8-20(9-12-22)10-13-25(32)31-17-16-30(19-24(31)26(28)33)23(18-29-14-4-5-15-29)21-6-2-1-3-7-21/h8-9,11-12,21,23-24H,1-7,10,13-19H2,(H2,28,33). The highest BCUT2D eigenvalue weighted by Crippen LogP contribution is 2.31. The topological polar surface area (TPSA) is 69.9 Å². The van der Waals surface area contributed by atoms with Gasteiger partial charge in [-0.15, -0.1) is 0 Å². The zero-order chi connectivity index (χ0) is 23.2. The first-order valence-electron chi connectivity index (χ1n) is 12.8. The van der Waals surface area contributed by atoms with E-state index in [1.165, 1.54) is 58.0 Å². The lowest BCUT2D eigenvalue weighted by molar-refractivity contribution is -0.144. The fourth-order valence-corrected chi connectivity index (χ4v) is 6.13. The van der Waals surface area contributed by atoms with Crippen molar-refractivity contribution in [3.05, 3.63) is 34.9 Å². The van der Waals surface area contributed by atoms with Crippen molar-refractivity contribution < 1.29 is 9.59 Å². The Bertz CT molecular complexity index is 790. The normalized spacial score (nSPS) is 24.2. The lowest BCUT2D eigenvalue weighted by atomic mass is 9.82. The molecule has 3 aliphatic rings. The molecule has 0 bridgehead atoms. The fraction of sp³-hybridized carbons (Fsp3) is 0.692. The van der Waals surface area contributed by atoms with Crippen LogP contribution in [0.2, 0.25) is 5.02 Å². The molecule has 2 N–H and O–H groups in total. The van der Waals surface area contributed by atoms with E-state index in [2.05, 4.69) is 9.80 Å². The predicted octanol–water partition coefficient (Wildman–Crippen LogP) is 3.32. The summed E-state index contributed by atoms with van der Waals surface area (Å²) in [5, 5.41) is 0.691. The molecule has 1 aliphatic carbocycles. The number of primary amides is 1. The van der Waals surface area contributed by atoms with Crippen LogP contribution in [-0.4, -0.2) is 77.9 Å².